The molecule has 0 fully saturated rings. The maximum absolute atomic E-state index is 13.1. The van der Waals surface area contributed by atoms with Gasteiger partial charge in [-0.05, 0) is 49.8 Å². The number of nitrogens with zero attached hydrogens (tertiary/aromatic N) is 2. The van der Waals surface area contributed by atoms with E-state index in [-0.39, 0.29) is 18.4 Å². The van der Waals surface area contributed by atoms with Crippen molar-refractivity contribution in [1.82, 2.24) is 0 Å². The summed E-state index contributed by atoms with van der Waals surface area (Å²) < 4.78 is 10.7. The SMILES string of the molecule is Cc1ccc(N2C(=O)/C(=C/c3ccc4c(c3)OCO4)N=C2SC(C)C(N)=O)cc1. The van der Waals surface area contributed by atoms with Crippen LogP contribution in [0.5, 0.6) is 11.5 Å². The fourth-order valence-electron chi connectivity index (χ4n) is 2.87. The predicted octanol–water partition coefficient (Wildman–Crippen LogP) is 3.07. The molecule has 7 nitrogen and oxygen atoms in total. The summed E-state index contributed by atoms with van der Waals surface area (Å²) in [6.45, 7) is 3.84. The van der Waals surface area contributed by atoms with Crippen molar-refractivity contribution >= 4 is 40.5 Å². The molecule has 0 aromatic heterocycles. The molecule has 8 heteroatoms. The third-order valence-electron chi connectivity index (χ3n) is 4.50. The van der Waals surface area contributed by atoms with E-state index in [1.54, 1.807) is 25.1 Å². The van der Waals surface area contributed by atoms with Crippen LogP contribution in [-0.4, -0.2) is 29.0 Å². The molecule has 2 N–H and O–H groups in total. The minimum Gasteiger partial charge on any atom is -0.454 e. The van der Waals surface area contributed by atoms with Crippen molar-refractivity contribution in [3.63, 3.8) is 0 Å². The Bertz CT molecular complexity index is 1050. The second-order valence-corrected chi connectivity index (χ2v) is 7.98. The number of thioether (sulfide) groups is 1. The van der Waals surface area contributed by atoms with E-state index < -0.39 is 11.2 Å². The lowest BCUT2D eigenvalue weighted by atomic mass is 10.1. The van der Waals surface area contributed by atoms with Crippen LogP contribution in [0.3, 0.4) is 0 Å². The fourth-order valence-corrected chi connectivity index (χ4v) is 3.75. The van der Waals surface area contributed by atoms with Gasteiger partial charge in [0.05, 0.1) is 10.9 Å². The number of ether oxygens (including phenoxy) is 2. The maximum Gasteiger partial charge on any atom is 0.283 e. The third kappa shape index (κ3) is 3.84. The number of anilines is 1. The zero-order chi connectivity index (χ0) is 20.5. The molecule has 2 aromatic rings. The molecule has 2 aliphatic heterocycles. The summed E-state index contributed by atoms with van der Waals surface area (Å²) in [7, 11) is 0. The summed E-state index contributed by atoms with van der Waals surface area (Å²) in [5.74, 6) is 0.551. The highest BCUT2D eigenvalue weighted by Gasteiger charge is 2.33. The number of aliphatic imine (C=N–C) groups is 1. The quantitative estimate of drug-likeness (QED) is 0.783. The lowest BCUT2D eigenvalue weighted by Crippen LogP contribution is -2.33. The van der Waals surface area contributed by atoms with Crippen molar-refractivity contribution in [1.29, 1.82) is 0 Å². The van der Waals surface area contributed by atoms with Crippen LogP contribution in [0.1, 0.15) is 18.1 Å². The van der Waals surface area contributed by atoms with Crippen LogP contribution in [-0.2, 0) is 9.59 Å². The molecule has 0 radical (unpaired) electrons. The molecule has 0 aliphatic carbocycles. The largest absolute Gasteiger partial charge is 0.454 e. The van der Waals surface area contributed by atoms with E-state index in [1.165, 1.54) is 4.90 Å². The summed E-state index contributed by atoms with van der Waals surface area (Å²) in [4.78, 5) is 30.7. The minimum absolute atomic E-state index is 0.180. The van der Waals surface area contributed by atoms with Crippen LogP contribution in [0.15, 0.2) is 53.2 Å². The Labute approximate surface area is 172 Å². The van der Waals surface area contributed by atoms with E-state index in [0.29, 0.717) is 22.4 Å². The Kier molecular flexibility index (Phi) is 5.02. The second-order valence-electron chi connectivity index (χ2n) is 6.68. The molecule has 1 unspecified atom stereocenters. The lowest BCUT2D eigenvalue weighted by molar-refractivity contribution is -0.117. The van der Waals surface area contributed by atoms with Gasteiger partial charge in [-0.1, -0.05) is 35.5 Å². The van der Waals surface area contributed by atoms with Gasteiger partial charge in [0.15, 0.2) is 16.7 Å². The molecule has 0 spiro atoms. The van der Waals surface area contributed by atoms with Crippen molar-refractivity contribution in [2.75, 3.05) is 11.7 Å². The standard InChI is InChI=1S/C21H19N3O4S/c1-12-3-6-15(7-4-12)24-20(26)16(23-21(24)29-13(2)19(22)25)9-14-5-8-17-18(10-14)28-11-27-17/h3-10,13H,11H2,1-2H3,(H2,22,25)/b16-9-. The summed E-state index contributed by atoms with van der Waals surface area (Å²) in [5.41, 5.74) is 8.19. The van der Waals surface area contributed by atoms with E-state index in [2.05, 4.69) is 4.99 Å². The summed E-state index contributed by atoms with van der Waals surface area (Å²) in [6, 6.07) is 13.0. The van der Waals surface area contributed by atoms with Crippen LogP contribution in [0, 0.1) is 6.92 Å². The molecule has 2 heterocycles. The van der Waals surface area contributed by atoms with Crippen molar-refractivity contribution < 1.29 is 19.1 Å². The van der Waals surface area contributed by atoms with E-state index in [1.807, 2.05) is 37.3 Å². The number of fused-ring (bicyclic) bond motifs is 1. The van der Waals surface area contributed by atoms with E-state index >= 15 is 0 Å². The van der Waals surface area contributed by atoms with Crippen LogP contribution in [0.2, 0.25) is 0 Å². The van der Waals surface area contributed by atoms with Gasteiger partial charge < -0.3 is 15.2 Å². The average molecular weight is 409 g/mol. The molecule has 2 aromatic carbocycles. The summed E-state index contributed by atoms with van der Waals surface area (Å²) in [6.07, 6.45) is 1.69. The van der Waals surface area contributed by atoms with E-state index in [4.69, 9.17) is 15.2 Å². The maximum atomic E-state index is 13.1. The first-order chi connectivity index (χ1) is 13.9. The van der Waals surface area contributed by atoms with Gasteiger partial charge in [0.1, 0.15) is 5.70 Å². The number of carbonyl (C=O) groups is 2. The van der Waals surface area contributed by atoms with Gasteiger partial charge in [0.2, 0.25) is 12.7 Å². The first-order valence-corrected chi connectivity index (χ1v) is 9.87. The summed E-state index contributed by atoms with van der Waals surface area (Å²) >= 11 is 1.16. The molecular weight excluding hydrogens is 390 g/mol. The van der Waals surface area contributed by atoms with Gasteiger partial charge >= 0.3 is 0 Å². The number of hydrogen-bond donors (Lipinski definition) is 1. The van der Waals surface area contributed by atoms with Crippen LogP contribution >= 0.6 is 11.8 Å². The van der Waals surface area contributed by atoms with Crippen molar-refractivity contribution in [3.8, 4) is 11.5 Å². The van der Waals surface area contributed by atoms with Gasteiger partial charge in [0.25, 0.3) is 5.91 Å². The molecular formula is C21H19N3O4S. The van der Waals surface area contributed by atoms with Crippen molar-refractivity contribution in [3.05, 3.63) is 59.3 Å². The van der Waals surface area contributed by atoms with Gasteiger partial charge in [0, 0.05) is 0 Å². The van der Waals surface area contributed by atoms with E-state index in [0.717, 1.165) is 22.9 Å². The highest BCUT2D eigenvalue weighted by atomic mass is 32.2. The Balaban J connectivity index is 1.70. The van der Waals surface area contributed by atoms with Gasteiger partial charge in [-0.3, -0.25) is 14.5 Å². The predicted molar refractivity (Wildman–Crippen MR) is 113 cm³/mol. The zero-order valence-electron chi connectivity index (χ0n) is 15.9. The van der Waals surface area contributed by atoms with Gasteiger partial charge in [-0.2, -0.15) is 0 Å². The van der Waals surface area contributed by atoms with Crippen LogP contribution < -0.4 is 20.1 Å². The topological polar surface area (TPSA) is 94.2 Å². The molecule has 0 bridgehead atoms. The average Bonchev–Trinajstić information content (AvgIpc) is 3.27. The zero-order valence-corrected chi connectivity index (χ0v) is 16.7. The number of carbonyl (C=O) groups excluding carboxylic acids is 2. The molecule has 2 amide bonds. The number of aryl methyl sites for hydroxylation is 1. The van der Waals surface area contributed by atoms with Crippen molar-refractivity contribution in [2.24, 2.45) is 10.7 Å². The molecule has 0 saturated heterocycles. The molecule has 29 heavy (non-hydrogen) atoms. The third-order valence-corrected chi connectivity index (χ3v) is 5.58. The van der Waals surface area contributed by atoms with Gasteiger partial charge in [-0.25, -0.2) is 4.99 Å². The number of hydrogen-bond acceptors (Lipinski definition) is 6. The fraction of sp³-hybridized carbons (Fsp3) is 0.190. The van der Waals surface area contributed by atoms with Crippen molar-refractivity contribution in [2.45, 2.75) is 19.1 Å². The molecule has 4 rings (SSSR count). The molecule has 2 aliphatic rings. The lowest BCUT2D eigenvalue weighted by Gasteiger charge is -2.19. The molecule has 1 atom stereocenters. The smallest absolute Gasteiger partial charge is 0.283 e. The van der Waals surface area contributed by atoms with Crippen LogP contribution in [0.4, 0.5) is 5.69 Å². The number of benzene rings is 2. The highest BCUT2D eigenvalue weighted by Crippen LogP contribution is 2.35. The Morgan fingerprint density at radius 3 is 2.66 bits per heavy atom. The normalized spacial score (nSPS) is 17.6. The second kappa shape index (κ2) is 7.63. The number of primary amides is 1. The minimum atomic E-state index is -0.528. The number of nitrogens with two attached hydrogens (primary N) is 1. The number of rotatable bonds is 4. The molecule has 148 valence electrons. The number of amidine groups is 1. The first-order valence-electron chi connectivity index (χ1n) is 8.99. The highest BCUT2D eigenvalue weighted by molar-refractivity contribution is 8.15. The van der Waals surface area contributed by atoms with Gasteiger partial charge in [-0.15, -0.1) is 0 Å². The first kappa shape index (κ1) is 19.1. The van der Waals surface area contributed by atoms with Crippen LogP contribution in [0.25, 0.3) is 6.08 Å². The Morgan fingerprint density at radius 1 is 1.21 bits per heavy atom. The monoisotopic (exact) mass is 409 g/mol. The molecule has 0 saturated carbocycles. The summed E-state index contributed by atoms with van der Waals surface area (Å²) in [5, 5.41) is -0.114. The Morgan fingerprint density at radius 2 is 1.93 bits per heavy atom. The number of amides is 2. The van der Waals surface area contributed by atoms with E-state index in [9.17, 15) is 9.59 Å². The Hall–Kier alpha value is -3.26.